The van der Waals surface area contributed by atoms with Crippen LogP contribution in [-0.2, 0) is 9.84 Å². The fraction of sp³-hybridized carbons (Fsp3) is 0.429. The molecule has 0 radical (unpaired) electrons. The first-order chi connectivity index (χ1) is 10.3. The standard InChI is InChI=1S/C14H17ClN2O4S/c1-9(7-18)8-22(19,20)10(2)14-16-13(17-21-14)11-3-5-12(15)6-4-11/h3-6,9-10,18H,7-8H2,1-2H3. The molecule has 2 unspecified atom stereocenters. The molecule has 6 nitrogen and oxygen atoms in total. The van der Waals surface area contributed by atoms with Gasteiger partial charge in [0.05, 0.1) is 5.75 Å². The molecule has 1 aromatic carbocycles. The van der Waals surface area contributed by atoms with Gasteiger partial charge in [0.2, 0.25) is 11.7 Å². The van der Waals surface area contributed by atoms with Crippen molar-refractivity contribution in [1.82, 2.24) is 10.1 Å². The fourth-order valence-electron chi connectivity index (χ4n) is 1.86. The lowest BCUT2D eigenvalue weighted by molar-refractivity contribution is 0.248. The molecule has 0 fully saturated rings. The van der Waals surface area contributed by atoms with Gasteiger partial charge in [-0.05, 0) is 37.1 Å². The average Bonchev–Trinajstić information content (AvgIpc) is 2.96. The highest BCUT2D eigenvalue weighted by Crippen LogP contribution is 2.25. The van der Waals surface area contributed by atoms with Crippen LogP contribution in [0.3, 0.4) is 0 Å². The van der Waals surface area contributed by atoms with Crippen LogP contribution in [0, 0.1) is 5.92 Å². The predicted octanol–water partition coefficient (Wildman–Crippen LogP) is 2.49. The van der Waals surface area contributed by atoms with Crippen LogP contribution in [-0.4, -0.2) is 36.0 Å². The fourth-order valence-corrected chi connectivity index (χ4v) is 3.58. The first-order valence-corrected chi connectivity index (χ1v) is 8.85. The molecule has 120 valence electrons. The molecule has 2 rings (SSSR count). The van der Waals surface area contributed by atoms with Gasteiger partial charge in [-0.25, -0.2) is 8.42 Å². The number of hydrogen-bond acceptors (Lipinski definition) is 6. The number of sulfone groups is 1. The molecule has 2 atom stereocenters. The van der Waals surface area contributed by atoms with Gasteiger partial charge >= 0.3 is 0 Å². The van der Waals surface area contributed by atoms with E-state index in [-0.39, 0.29) is 24.2 Å². The number of aliphatic hydroxyl groups is 1. The monoisotopic (exact) mass is 344 g/mol. The van der Waals surface area contributed by atoms with Gasteiger partial charge in [-0.1, -0.05) is 23.7 Å². The lowest BCUT2D eigenvalue weighted by Gasteiger charge is -2.12. The Morgan fingerprint density at radius 1 is 1.27 bits per heavy atom. The second-order valence-electron chi connectivity index (χ2n) is 5.22. The Bertz CT molecular complexity index is 728. The maximum absolute atomic E-state index is 12.2. The van der Waals surface area contributed by atoms with Gasteiger partial charge in [0.15, 0.2) is 9.84 Å². The van der Waals surface area contributed by atoms with Crippen LogP contribution < -0.4 is 0 Å². The minimum absolute atomic E-state index is 0.0371. The molecule has 0 saturated heterocycles. The quantitative estimate of drug-likeness (QED) is 0.865. The van der Waals surface area contributed by atoms with Gasteiger partial charge < -0.3 is 9.63 Å². The van der Waals surface area contributed by atoms with Gasteiger partial charge in [0, 0.05) is 17.2 Å². The molecule has 2 aromatic rings. The van der Waals surface area contributed by atoms with E-state index in [1.54, 1.807) is 31.2 Å². The molecule has 0 bridgehead atoms. The molecule has 1 N–H and O–H groups in total. The Kier molecular flexibility index (Phi) is 5.20. The number of benzene rings is 1. The Morgan fingerprint density at radius 2 is 1.91 bits per heavy atom. The molecule has 1 aromatic heterocycles. The van der Waals surface area contributed by atoms with E-state index in [1.807, 2.05) is 0 Å². The second-order valence-corrected chi connectivity index (χ2v) is 8.03. The van der Waals surface area contributed by atoms with Crippen molar-refractivity contribution in [2.75, 3.05) is 12.4 Å². The van der Waals surface area contributed by atoms with E-state index in [2.05, 4.69) is 10.1 Å². The van der Waals surface area contributed by atoms with Crippen LogP contribution in [0.25, 0.3) is 11.4 Å². The van der Waals surface area contributed by atoms with Crippen molar-refractivity contribution in [3.05, 3.63) is 35.2 Å². The minimum Gasteiger partial charge on any atom is -0.396 e. The molecule has 0 aliphatic rings. The summed E-state index contributed by atoms with van der Waals surface area (Å²) < 4.78 is 29.5. The SMILES string of the molecule is CC(CO)CS(=O)(=O)C(C)c1nc(-c2ccc(Cl)cc2)no1. The first-order valence-electron chi connectivity index (χ1n) is 6.75. The molecule has 8 heteroatoms. The molecule has 0 saturated carbocycles. The van der Waals surface area contributed by atoms with Crippen molar-refractivity contribution in [2.24, 2.45) is 5.92 Å². The van der Waals surface area contributed by atoms with Crippen LogP contribution >= 0.6 is 11.6 Å². The largest absolute Gasteiger partial charge is 0.396 e. The van der Waals surface area contributed by atoms with Gasteiger partial charge in [0.25, 0.3) is 0 Å². The Labute approximate surface area is 134 Å². The van der Waals surface area contributed by atoms with E-state index in [0.717, 1.165) is 0 Å². The summed E-state index contributed by atoms with van der Waals surface area (Å²) in [6.07, 6.45) is 0. The maximum Gasteiger partial charge on any atom is 0.245 e. The maximum atomic E-state index is 12.2. The second kappa shape index (κ2) is 6.76. The van der Waals surface area contributed by atoms with Crippen LogP contribution in [0.15, 0.2) is 28.8 Å². The van der Waals surface area contributed by atoms with Crippen molar-refractivity contribution in [1.29, 1.82) is 0 Å². The molecule has 0 aliphatic carbocycles. The highest BCUT2D eigenvalue weighted by Gasteiger charge is 2.29. The molecule has 0 amide bonds. The smallest absolute Gasteiger partial charge is 0.245 e. The number of nitrogens with zero attached hydrogens (tertiary/aromatic N) is 2. The number of hydrogen-bond donors (Lipinski definition) is 1. The summed E-state index contributed by atoms with van der Waals surface area (Å²) in [6, 6.07) is 6.83. The molecule has 0 aliphatic heterocycles. The van der Waals surface area contributed by atoms with Crippen LogP contribution in [0.4, 0.5) is 0 Å². The zero-order valence-electron chi connectivity index (χ0n) is 12.2. The molecular weight excluding hydrogens is 328 g/mol. The highest BCUT2D eigenvalue weighted by atomic mass is 35.5. The van der Waals surface area contributed by atoms with Gasteiger partial charge in [-0.3, -0.25) is 0 Å². The Hall–Kier alpha value is -1.44. The average molecular weight is 345 g/mol. The third-order valence-corrected chi connectivity index (χ3v) is 5.82. The van der Waals surface area contributed by atoms with Crippen LogP contribution in [0.5, 0.6) is 0 Å². The van der Waals surface area contributed by atoms with E-state index < -0.39 is 15.1 Å². The summed E-state index contributed by atoms with van der Waals surface area (Å²) in [5.41, 5.74) is 0.688. The van der Waals surface area contributed by atoms with Crippen molar-refractivity contribution >= 4 is 21.4 Å². The van der Waals surface area contributed by atoms with Gasteiger partial charge in [0.1, 0.15) is 5.25 Å². The zero-order chi connectivity index (χ0) is 16.3. The van der Waals surface area contributed by atoms with E-state index in [4.69, 9.17) is 21.2 Å². The summed E-state index contributed by atoms with van der Waals surface area (Å²) in [7, 11) is -3.48. The van der Waals surface area contributed by atoms with Crippen molar-refractivity contribution < 1.29 is 18.0 Å². The molecular formula is C14H17ClN2O4S. The third kappa shape index (κ3) is 3.85. The number of halogens is 1. The van der Waals surface area contributed by atoms with E-state index in [1.165, 1.54) is 6.92 Å². The van der Waals surface area contributed by atoms with Crippen LogP contribution in [0.2, 0.25) is 5.02 Å². The summed E-state index contributed by atoms with van der Waals surface area (Å²) >= 11 is 5.81. The zero-order valence-corrected chi connectivity index (χ0v) is 13.8. The summed E-state index contributed by atoms with van der Waals surface area (Å²) in [6.45, 7) is 2.97. The molecule has 0 spiro atoms. The Balaban J connectivity index is 2.22. The normalized spacial score (nSPS) is 14.7. The third-order valence-electron chi connectivity index (χ3n) is 3.26. The number of rotatable bonds is 6. The molecule has 22 heavy (non-hydrogen) atoms. The first kappa shape index (κ1) is 16.9. The van der Waals surface area contributed by atoms with Crippen LogP contribution in [0.1, 0.15) is 25.0 Å². The van der Waals surface area contributed by atoms with Gasteiger partial charge in [-0.15, -0.1) is 0 Å². The van der Waals surface area contributed by atoms with E-state index in [9.17, 15) is 8.42 Å². The van der Waals surface area contributed by atoms with E-state index in [0.29, 0.717) is 16.4 Å². The summed E-state index contributed by atoms with van der Waals surface area (Å²) in [5, 5.41) is 12.5. The van der Waals surface area contributed by atoms with Crippen molar-refractivity contribution in [2.45, 2.75) is 19.1 Å². The summed E-state index contributed by atoms with van der Waals surface area (Å²) in [5.74, 6) is -0.131. The predicted molar refractivity (Wildman–Crippen MR) is 83.2 cm³/mol. The van der Waals surface area contributed by atoms with E-state index >= 15 is 0 Å². The van der Waals surface area contributed by atoms with Gasteiger partial charge in [-0.2, -0.15) is 4.98 Å². The topological polar surface area (TPSA) is 93.3 Å². The van der Waals surface area contributed by atoms with Crippen molar-refractivity contribution in [3.8, 4) is 11.4 Å². The lowest BCUT2D eigenvalue weighted by Crippen LogP contribution is -2.21. The number of aliphatic hydroxyl groups excluding tert-OH is 1. The molecule has 1 heterocycles. The number of aromatic nitrogens is 2. The Morgan fingerprint density at radius 3 is 2.50 bits per heavy atom. The summed E-state index contributed by atoms with van der Waals surface area (Å²) in [4.78, 5) is 4.15. The minimum atomic E-state index is -3.48. The lowest BCUT2D eigenvalue weighted by atomic mass is 10.2. The van der Waals surface area contributed by atoms with Crippen molar-refractivity contribution in [3.63, 3.8) is 0 Å². The highest BCUT2D eigenvalue weighted by molar-refractivity contribution is 7.91.